The van der Waals surface area contributed by atoms with Crippen LogP contribution < -0.4 is 5.32 Å². The van der Waals surface area contributed by atoms with E-state index in [-0.39, 0.29) is 30.2 Å². The molecule has 1 aromatic heterocycles. The summed E-state index contributed by atoms with van der Waals surface area (Å²) in [7, 11) is 0. The standard InChI is InChI=1S/C21H23ClN2O6S2/c1-11(25)29-10-13-14(9-22)32-19-16(23-15(26)8-12-6-5-7-31-12)18(27)24(19)17(13)20(28)30-21(2,3)4/h5-7,9,16,19H,8,10H2,1-4H3,(H,23,26)/b14-9-. The van der Waals surface area contributed by atoms with Crippen molar-refractivity contribution in [1.82, 2.24) is 10.2 Å². The van der Waals surface area contributed by atoms with Crippen molar-refractivity contribution in [3.8, 4) is 0 Å². The van der Waals surface area contributed by atoms with Crippen molar-refractivity contribution < 1.29 is 28.7 Å². The van der Waals surface area contributed by atoms with E-state index in [0.717, 1.165) is 4.88 Å². The van der Waals surface area contributed by atoms with Gasteiger partial charge < -0.3 is 14.8 Å². The zero-order chi connectivity index (χ0) is 23.6. The number of ether oxygens (including phenoxy) is 2. The zero-order valence-electron chi connectivity index (χ0n) is 18.0. The Morgan fingerprint density at radius 2 is 2.03 bits per heavy atom. The number of carbonyl (C=O) groups excluding carboxylic acids is 4. The molecule has 0 spiro atoms. The fourth-order valence-corrected chi connectivity index (χ4v) is 5.40. The molecule has 3 rings (SSSR count). The van der Waals surface area contributed by atoms with Crippen molar-refractivity contribution >= 4 is 58.5 Å². The third-order valence-corrected chi connectivity index (χ3v) is 7.02. The quantitative estimate of drug-likeness (QED) is 0.475. The molecule has 0 radical (unpaired) electrons. The fraction of sp³-hybridized carbons (Fsp3) is 0.429. The molecule has 0 aliphatic carbocycles. The van der Waals surface area contributed by atoms with Gasteiger partial charge in [0.25, 0.3) is 5.91 Å². The molecular formula is C21H23ClN2O6S2. The van der Waals surface area contributed by atoms with E-state index in [1.165, 1.54) is 40.5 Å². The van der Waals surface area contributed by atoms with Crippen LogP contribution in [-0.2, 0) is 35.1 Å². The van der Waals surface area contributed by atoms with E-state index in [4.69, 9.17) is 21.1 Å². The van der Waals surface area contributed by atoms with Gasteiger partial charge in [0, 0.05) is 27.8 Å². The van der Waals surface area contributed by atoms with Gasteiger partial charge in [0.2, 0.25) is 5.91 Å². The predicted molar refractivity (Wildman–Crippen MR) is 122 cm³/mol. The van der Waals surface area contributed by atoms with Crippen molar-refractivity contribution in [2.75, 3.05) is 6.61 Å². The second kappa shape index (κ2) is 9.68. The SMILES string of the molecule is CC(=O)OCC1=C(C(=O)OC(C)(C)C)N2C(=O)C(NC(=O)Cc3cccs3)C2S/C1=C\Cl. The number of β-lactam (4-membered cyclic amide) rings is 1. The lowest BCUT2D eigenvalue weighted by Crippen LogP contribution is -2.70. The number of halogens is 1. The molecule has 1 N–H and O–H groups in total. The van der Waals surface area contributed by atoms with Crippen molar-refractivity contribution in [1.29, 1.82) is 0 Å². The monoisotopic (exact) mass is 498 g/mol. The van der Waals surface area contributed by atoms with Crippen LogP contribution in [0.3, 0.4) is 0 Å². The summed E-state index contributed by atoms with van der Waals surface area (Å²) in [5.41, 5.74) is 0.690. The van der Waals surface area contributed by atoms with Crippen LogP contribution in [-0.4, -0.2) is 52.3 Å². The average Bonchev–Trinajstić information content (AvgIpc) is 3.20. The van der Waals surface area contributed by atoms with Gasteiger partial charge in [-0.2, -0.15) is 0 Å². The number of nitrogens with zero attached hydrogens (tertiary/aromatic N) is 1. The number of thioether (sulfide) groups is 1. The molecule has 2 unspecified atom stereocenters. The molecule has 11 heteroatoms. The average molecular weight is 499 g/mol. The number of esters is 2. The Labute approximate surface area is 198 Å². The molecule has 2 aliphatic heterocycles. The van der Waals surface area contributed by atoms with Crippen LogP contribution in [0, 0.1) is 0 Å². The summed E-state index contributed by atoms with van der Waals surface area (Å²) in [6.07, 6.45) is 0.156. The lowest BCUT2D eigenvalue weighted by atomic mass is 10.0. The molecule has 0 saturated carbocycles. The van der Waals surface area contributed by atoms with Gasteiger partial charge in [0.05, 0.1) is 6.42 Å². The maximum Gasteiger partial charge on any atom is 0.356 e. The number of rotatable bonds is 6. The molecule has 2 atom stereocenters. The van der Waals surface area contributed by atoms with Gasteiger partial charge in [-0.25, -0.2) is 4.79 Å². The van der Waals surface area contributed by atoms with E-state index >= 15 is 0 Å². The van der Waals surface area contributed by atoms with Gasteiger partial charge in [0.1, 0.15) is 29.3 Å². The Hall–Kier alpha value is -2.30. The zero-order valence-corrected chi connectivity index (χ0v) is 20.4. The molecule has 0 aromatic carbocycles. The molecule has 172 valence electrons. The molecule has 2 amide bonds. The second-order valence-corrected chi connectivity index (χ2v) is 10.5. The first kappa shape index (κ1) is 24.3. The highest BCUT2D eigenvalue weighted by Gasteiger charge is 2.56. The minimum absolute atomic E-state index is 0.0365. The highest BCUT2D eigenvalue weighted by Crippen LogP contribution is 2.47. The predicted octanol–water partition coefficient (Wildman–Crippen LogP) is 2.93. The number of amides is 2. The topological polar surface area (TPSA) is 102 Å². The molecule has 0 bridgehead atoms. The van der Waals surface area contributed by atoms with Crippen molar-refractivity contribution in [3.05, 3.63) is 44.1 Å². The van der Waals surface area contributed by atoms with Crippen molar-refractivity contribution in [2.45, 2.75) is 51.1 Å². The largest absolute Gasteiger partial charge is 0.461 e. The summed E-state index contributed by atoms with van der Waals surface area (Å²) in [5, 5.41) is 4.04. The fourth-order valence-electron chi connectivity index (χ4n) is 3.17. The molecule has 1 aromatic rings. The summed E-state index contributed by atoms with van der Waals surface area (Å²) in [4.78, 5) is 52.4. The molecule has 3 heterocycles. The van der Waals surface area contributed by atoms with Crippen LogP contribution in [0.15, 0.2) is 39.2 Å². The summed E-state index contributed by atoms with van der Waals surface area (Å²) in [5.74, 6) is -2.03. The van der Waals surface area contributed by atoms with Gasteiger partial charge in [-0.15, -0.1) is 11.3 Å². The minimum Gasteiger partial charge on any atom is -0.461 e. The highest BCUT2D eigenvalue weighted by atomic mass is 35.5. The van der Waals surface area contributed by atoms with Gasteiger partial charge in [0.15, 0.2) is 0 Å². The van der Waals surface area contributed by atoms with Crippen LogP contribution in [0.5, 0.6) is 0 Å². The van der Waals surface area contributed by atoms with Gasteiger partial charge in [-0.1, -0.05) is 29.4 Å². The van der Waals surface area contributed by atoms with E-state index < -0.39 is 34.9 Å². The number of carbonyl (C=O) groups is 4. The number of thiophene rings is 1. The van der Waals surface area contributed by atoms with Crippen molar-refractivity contribution in [2.24, 2.45) is 0 Å². The third kappa shape index (κ3) is 5.36. The second-order valence-electron chi connectivity index (χ2n) is 8.10. The lowest BCUT2D eigenvalue weighted by molar-refractivity contribution is -0.159. The number of nitrogens with one attached hydrogen (secondary N) is 1. The first-order chi connectivity index (χ1) is 15.0. The van der Waals surface area contributed by atoms with Gasteiger partial charge in [-0.05, 0) is 32.2 Å². The number of fused-ring (bicyclic) bond motifs is 1. The Kier molecular flexibility index (Phi) is 7.36. The van der Waals surface area contributed by atoms with Gasteiger partial charge >= 0.3 is 11.9 Å². The normalized spacial score (nSPS) is 21.7. The van der Waals surface area contributed by atoms with Gasteiger partial charge in [-0.3, -0.25) is 19.3 Å². The van der Waals surface area contributed by atoms with E-state index in [1.807, 2.05) is 17.5 Å². The van der Waals surface area contributed by atoms with E-state index in [1.54, 1.807) is 20.8 Å². The molecule has 32 heavy (non-hydrogen) atoms. The summed E-state index contributed by atoms with van der Waals surface area (Å²) in [6.45, 7) is 6.11. The Morgan fingerprint density at radius 1 is 1.31 bits per heavy atom. The van der Waals surface area contributed by atoms with Crippen LogP contribution in [0.4, 0.5) is 0 Å². The number of hydrogen-bond donors (Lipinski definition) is 1. The van der Waals surface area contributed by atoms with Crippen LogP contribution in [0.2, 0.25) is 0 Å². The Balaban J connectivity index is 1.88. The van der Waals surface area contributed by atoms with Crippen LogP contribution >= 0.6 is 34.7 Å². The minimum atomic E-state index is -0.827. The van der Waals surface area contributed by atoms with E-state index in [2.05, 4.69) is 5.32 Å². The lowest BCUT2D eigenvalue weighted by Gasteiger charge is -2.50. The maximum absolute atomic E-state index is 13.0. The summed E-state index contributed by atoms with van der Waals surface area (Å²) < 4.78 is 10.6. The summed E-state index contributed by atoms with van der Waals surface area (Å²) >= 11 is 8.67. The molecule has 2 aliphatic rings. The highest BCUT2D eigenvalue weighted by molar-refractivity contribution is 8.04. The molecular weight excluding hydrogens is 476 g/mol. The first-order valence-electron chi connectivity index (χ1n) is 9.74. The first-order valence-corrected chi connectivity index (χ1v) is 11.9. The van der Waals surface area contributed by atoms with Crippen LogP contribution in [0.1, 0.15) is 32.6 Å². The third-order valence-electron chi connectivity index (χ3n) is 4.46. The van der Waals surface area contributed by atoms with E-state index in [9.17, 15) is 19.2 Å². The molecule has 8 nitrogen and oxygen atoms in total. The van der Waals surface area contributed by atoms with Crippen molar-refractivity contribution in [3.63, 3.8) is 0 Å². The molecule has 1 saturated heterocycles. The number of hydrogen-bond acceptors (Lipinski definition) is 8. The Bertz CT molecular complexity index is 996. The van der Waals surface area contributed by atoms with E-state index in [0.29, 0.717) is 4.91 Å². The smallest absolute Gasteiger partial charge is 0.356 e. The van der Waals surface area contributed by atoms with Crippen LogP contribution in [0.25, 0.3) is 0 Å². The molecule has 1 fully saturated rings. The Morgan fingerprint density at radius 3 is 2.59 bits per heavy atom. The maximum atomic E-state index is 13.0. The summed E-state index contributed by atoms with van der Waals surface area (Å²) in [6, 6.07) is 2.86.